The zero-order valence-electron chi connectivity index (χ0n) is 13.5. The van der Waals surface area contributed by atoms with Gasteiger partial charge in [0.1, 0.15) is 0 Å². The van der Waals surface area contributed by atoms with Crippen LogP contribution in [0.5, 0.6) is 0 Å². The van der Waals surface area contributed by atoms with Crippen molar-refractivity contribution in [2.75, 3.05) is 38.3 Å². The molecule has 2 heterocycles. The molecule has 1 atom stereocenters. The molecule has 0 spiro atoms. The van der Waals surface area contributed by atoms with E-state index in [4.69, 9.17) is 9.26 Å². The number of rotatable bonds is 5. The first kappa shape index (κ1) is 17.7. The van der Waals surface area contributed by atoms with Crippen molar-refractivity contribution in [2.24, 2.45) is 0 Å². The molecule has 1 unspecified atom stereocenters. The maximum Gasteiger partial charge on any atom is 0.257 e. The normalized spacial score (nSPS) is 16.0. The number of aromatic nitrogens is 2. The molecule has 23 heavy (non-hydrogen) atoms. The van der Waals surface area contributed by atoms with E-state index in [2.05, 4.69) is 39.4 Å². The van der Waals surface area contributed by atoms with E-state index in [0.717, 1.165) is 44.1 Å². The van der Waals surface area contributed by atoms with Gasteiger partial charge < -0.3 is 19.5 Å². The Morgan fingerprint density at radius 2 is 1.91 bits per heavy atom. The van der Waals surface area contributed by atoms with Crippen LogP contribution in [0.1, 0.15) is 12.7 Å². The summed E-state index contributed by atoms with van der Waals surface area (Å²) >= 11 is 0. The van der Waals surface area contributed by atoms with E-state index in [0.29, 0.717) is 11.9 Å². The zero-order valence-corrected chi connectivity index (χ0v) is 14.3. The van der Waals surface area contributed by atoms with Gasteiger partial charge in [-0.05, 0) is 38.2 Å². The molecule has 6 nitrogen and oxygen atoms in total. The summed E-state index contributed by atoms with van der Waals surface area (Å²) in [6.07, 6.45) is 0.756. The molecule has 7 heteroatoms. The lowest BCUT2D eigenvalue weighted by Crippen LogP contribution is -2.36. The monoisotopic (exact) mass is 338 g/mol. The second-order valence-electron chi connectivity index (χ2n) is 5.56. The minimum atomic E-state index is 0. The van der Waals surface area contributed by atoms with Crippen molar-refractivity contribution in [3.05, 3.63) is 30.1 Å². The van der Waals surface area contributed by atoms with Crippen molar-refractivity contribution in [1.29, 1.82) is 0 Å². The smallest absolute Gasteiger partial charge is 0.257 e. The van der Waals surface area contributed by atoms with Crippen LogP contribution in [0.3, 0.4) is 0 Å². The fraction of sp³-hybridized carbons (Fsp3) is 0.500. The number of hydrogen-bond acceptors (Lipinski definition) is 6. The molecule has 1 aromatic heterocycles. The van der Waals surface area contributed by atoms with Crippen molar-refractivity contribution in [3.8, 4) is 11.5 Å². The Morgan fingerprint density at radius 3 is 2.57 bits per heavy atom. The summed E-state index contributed by atoms with van der Waals surface area (Å²) in [5.74, 6) is 1.31. The van der Waals surface area contributed by atoms with Gasteiger partial charge in [0, 0.05) is 36.8 Å². The number of benzene rings is 1. The molecule has 0 amide bonds. The molecule has 1 N–H and O–H groups in total. The third kappa shape index (κ3) is 4.43. The summed E-state index contributed by atoms with van der Waals surface area (Å²) in [4.78, 5) is 6.78. The summed E-state index contributed by atoms with van der Waals surface area (Å²) in [7, 11) is 1.93. The van der Waals surface area contributed by atoms with Crippen LogP contribution in [-0.2, 0) is 11.2 Å². The van der Waals surface area contributed by atoms with Crippen LogP contribution < -0.4 is 10.2 Å². The standard InChI is InChI=1S/C16H22N4O2.ClH/c1-12(17-2)11-15-18-16(22-19-15)13-3-5-14(6-4-13)20-7-9-21-10-8-20;/h3-6,12,17H,7-11H2,1-2H3;1H. The SMILES string of the molecule is CNC(C)Cc1noc(-c2ccc(N3CCOCC3)cc2)n1.Cl. The molecule has 1 aromatic carbocycles. The molecule has 0 bridgehead atoms. The van der Waals surface area contributed by atoms with Crippen LogP contribution in [0.25, 0.3) is 11.5 Å². The van der Waals surface area contributed by atoms with Gasteiger partial charge in [0.05, 0.1) is 13.2 Å². The highest BCUT2D eigenvalue weighted by atomic mass is 35.5. The van der Waals surface area contributed by atoms with Crippen molar-refractivity contribution in [3.63, 3.8) is 0 Å². The topological polar surface area (TPSA) is 63.4 Å². The van der Waals surface area contributed by atoms with E-state index in [1.807, 2.05) is 19.2 Å². The van der Waals surface area contributed by atoms with Gasteiger partial charge in [0.25, 0.3) is 5.89 Å². The van der Waals surface area contributed by atoms with E-state index in [1.165, 1.54) is 5.69 Å². The van der Waals surface area contributed by atoms with Crippen LogP contribution in [0.2, 0.25) is 0 Å². The number of nitrogens with one attached hydrogen (secondary N) is 1. The fourth-order valence-corrected chi connectivity index (χ4v) is 2.47. The summed E-state index contributed by atoms with van der Waals surface area (Å²) in [5.41, 5.74) is 2.16. The van der Waals surface area contributed by atoms with Gasteiger partial charge in [-0.3, -0.25) is 0 Å². The Hall–Kier alpha value is -1.63. The molecule has 0 saturated carbocycles. The Balaban J connectivity index is 0.00000192. The first-order valence-electron chi connectivity index (χ1n) is 7.69. The predicted molar refractivity (Wildman–Crippen MR) is 92.2 cm³/mol. The molecule has 0 aliphatic carbocycles. The Kier molecular flexibility index (Phi) is 6.38. The van der Waals surface area contributed by atoms with Crippen LogP contribution in [0, 0.1) is 0 Å². The van der Waals surface area contributed by atoms with E-state index in [-0.39, 0.29) is 12.4 Å². The molecule has 1 fully saturated rings. The predicted octanol–water partition coefficient (Wildman–Crippen LogP) is 2.15. The van der Waals surface area contributed by atoms with Crippen molar-refractivity contribution in [2.45, 2.75) is 19.4 Å². The molecule has 1 aliphatic heterocycles. The van der Waals surface area contributed by atoms with E-state index in [1.54, 1.807) is 0 Å². The maximum absolute atomic E-state index is 5.38. The highest BCUT2D eigenvalue weighted by Gasteiger charge is 2.13. The molecular weight excluding hydrogens is 316 g/mol. The molecule has 1 saturated heterocycles. The number of ether oxygens (including phenoxy) is 1. The van der Waals surface area contributed by atoms with Gasteiger partial charge in [-0.25, -0.2) is 0 Å². The van der Waals surface area contributed by atoms with Gasteiger partial charge in [-0.15, -0.1) is 12.4 Å². The lowest BCUT2D eigenvalue weighted by Gasteiger charge is -2.28. The summed E-state index contributed by atoms with van der Waals surface area (Å²) < 4.78 is 10.7. The largest absolute Gasteiger partial charge is 0.378 e. The van der Waals surface area contributed by atoms with Crippen molar-refractivity contribution in [1.82, 2.24) is 15.5 Å². The third-order valence-electron chi connectivity index (χ3n) is 3.94. The van der Waals surface area contributed by atoms with Crippen LogP contribution in [0.4, 0.5) is 5.69 Å². The Bertz CT molecular complexity index is 596. The first-order chi connectivity index (χ1) is 10.8. The van der Waals surface area contributed by atoms with E-state index >= 15 is 0 Å². The van der Waals surface area contributed by atoms with Gasteiger partial charge in [0.2, 0.25) is 0 Å². The first-order valence-corrected chi connectivity index (χ1v) is 7.69. The average Bonchev–Trinajstić information content (AvgIpc) is 3.04. The minimum Gasteiger partial charge on any atom is -0.378 e. The maximum atomic E-state index is 5.38. The summed E-state index contributed by atoms with van der Waals surface area (Å²) in [6.45, 7) is 5.54. The van der Waals surface area contributed by atoms with Crippen LogP contribution in [0.15, 0.2) is 28.8 Å². The lowest BCUT2D eigenvalue weighted by molar-refractivity contribution is 0.122. The van der Waals surface area contributed by atoms with Crippen LogP contribution >= 0.6 is 12.4 Å². The Morgan fingerprint density at radius 1 is 1.22 bits per heavy atom. The minimum absolute atomic E-state index is 0. The second kappa shape index (κ2) is 8.29. The average molecular weight is 339 g/mol. The molecule has 0 radical (unpaired) electrons. The molecular formula is C16H23ClN4O2. The summed E-state index contributed by atoms with van der Waals surface area (Å²) in [6, 6.07) is 8.59. The summed E-state index contributed by atoms with van der Waals surface area (Å²) in [5, 5.41) is 7.21. The van der Waals surface area contributed by atoms with Crippen molar-refractivity contribution >= 4 is 18.1 Å². The van der Waals surface area contributed by atoms with Crippen LogP contribution in [-0.4, -0.2) is 49.5 Å². The highest BCUT2D eigenvalue weighted by molar-refractivity contribution is 5.85. The number of hydrogen-bond donors (Lipinski definition) is 1. The number of morpholine rings is 1. The van der Waals surface area contributed by atoms with Gasteiger partial charge >= 0.3 is 0 Å². The number of anilines is 1. The van der Waals surface area contributed by atoms with Gasteiger partial charge in [-0.2, -0.15) is 4.98 Å². The highest BCUT2D eigenvalue weighted by Crippen LogP contribution is 2.22. The molecule has 126 valence electrons. The number of nitrogens with zero attached hydrogens (tertiary/aromatic N) is 3. The van der Waals surface area contributed by atoms with E-state index < -0.39 is 0 Å². The van der Waals surface area contributed by atoms with Gasteiger partial charge in [0.15, 0.2) is 5.82 Å². The number of likely N-dealkylation sites (N-methyl/N-ethyl adjacent to an activating group) is 1. The van der Waals surface area contributed by atoms with E-state index in [9.17, 15) is 0 Å². The quantitative estimate of drug-likeness (QED) is 0.901. The molecule has 1 aliphatic rings. The van der Waals surface area contributed by atoms with Gasteiger partial charge in [-0.1, -0.05) is 5.16 Å². The number of halogens is 1. The molecule has 2 aromatic rings. The lowest BCUT2D eigenvalue weighted by atomic mass is 10.2. The van der Waals surface area contributed by atoms with Crippen molar-refractivity contribution < 1.29 is 9.26 Å². The molecule has 3 rings (SSSR count). The zero-order chi connectivity index (χ0) is 15.4. The second-order valence-corrected chi connectivity index (χ2v) is 5.56. The third-order valence-corrected chi connectivity index (χ3v) is 3.94. The Labute approximate surface area is 142 Å². The fourth-order valence-electron chi connectivity index (χ4n) is 2.47.